The molecule has 0 radical (unpaired) electrons. The topological polar surface area (TPSA) is 29.1 Å². The zero-order valence-electron chi connectivity index (χ0n) is 13.5. The zero-order chi connectivity index (χ0) is 16.8. The number of hydrogen-bond acceptors (Lipinski definition) is 1. The number of nitrogens with one attached hydrogen (secondary N) is 1. The third kappa shape index (κ3) is 4.35. The van der Waals surface area contributed by atoms with Gasteiger partial charge in [-0.15, -0.1) is 0 Å². The molecule has 0 spiro atoms. The van der Waals surface area contributed by atoms with E-state index in [0.717, 1.165) is 21.0 Å². The van der Waals surface area contributed by atoms with Gasteiger partial charge in [0.25, 0.3) is 0 Å². The summed E-state index contributed by atoms with van der Waals surface area (Å²) >= 11 is 0.225. The molecule has 120 valence electrons. The van der Waals surface area contributed by atoms with E-state index in [1.54, 1.807) is 0 Å². The Hall–Kier alpha value is -2.35. The van der Waals surface area contributed by atoms with Crippen molar-refractivity contribution in [1.82, 2.24) is 0 Å². The number of amides is 1. The van der Waals surface area contributed by atoms with E-state index in [-0.39, 0.29) is 20.9 Å². The molecule has 1 N–H and O–H groups in total. The van der Waals surface area contributed by atoms with E-state index in [9.17, 15) is 4.79 Å². The molecule has 0 aromatic heterocycles. The van der Waals surface area contributed by atoms with Gasteiger partial charge in [0.15, 0.2) is 0 Å². The van der Waals surface area contributed by atoms with Crippen LogP contribution in [0.4, 0.5) is 5.69 Å². The van der Waals surface area contributed by atoms with Crippen molar-refractivity contribution in [3.63, 3.8) is 0 Å². The summed E-state index contributed by atoms with van der Waals surface area (Å²) < 4.78 is 1.14. The number of carbonyl (C=O) groups excluding carboxylic acids is 1. The molecule has 0 saturated heterocycles. The van der Waals surface area contributed by atoms with E-state index in [1.165, 1.54) is 11.1 Å². The second-order valence-electron chi connectivity index (χ2n) is 5.59. The van der Waals surface area contributed by atoms with Crippen molar-refractivity contribution >= 4 is 31.0 Å². The maximum atomic E-state index is 12.6. The molecule has 2 nitrogen and oxygen atoms in total. The number of aryl methyl sites for hydroxylation is 1. The first-order valence-corrected chi connectivity index (χ1v) is 9.93. The molecule has 0 bridgehead atoms. The molecule has 0 fully saturated rings. The van der Waals surface area contributed by atoms with Gasteiger partial charge in [-0.2, -0.15) is 0 Å². The van der Waals surface area contributed by atoms with Crippen molar-refractivity contribution in [2.24, 2.45) is 0 Å². The third-order valence-electron chi connectivity index (χ3n) is 3.68. The van der Waals surface area contributed by atoms with E-state index >= 15 is 0 Å². The monoisotopic (exact) mass is 381 g/mol. The summed E-state index contributed by atoms with van der Waals surface area (Å²) in [5.41, 5.74) is 4.09. The average molecular weight is 380 g/mol. The van der Waals surface area contributed by atoms with Gasteiger partial charge in [0.1, 0.15) is 0 Å². The quantitative estimate of drug-likeness (QED) is 0.671. The standard InChI is InChI=1S/C21H19NOSe/c1-16-11-13-18(14-12-16)22-21(23)19-9-5-6-10-20(19)24-15-17-7-3-2-4-8-17/h2-14H,15H2,1H3,(H,22,23). The number of rotatable bonds is 5. The van der Waals surface area contributed by atoms with Gasteiger partial charge in [0.05, 0.1) is 0 Å². The Kier molecular flexibility index (Phi) is 5.47. The second-order valence-corrected chi connectivity index (χ2v) is 7.72. The molecular formula is C21H19NOSe. The zero-order valence-corrected chi connectivity index (χ0v) is 15.2. The molecule has 3 aromatic carbocycles. The average Bonchev–Trinajstić information content (AvgIpc) is 2.63. The summed E-state index contributed by atoms with van der Waals surface area (Å²) in [4.78, 5) is 12.6. The second kappa shape index (κ2) is 7.96. The van der Waals surface area contributed by atoms with Gasteiger partial charge in [-0.3, -0.25) is 0 Å². The van der Waals surface area contributed by atoms with Crippen LogP contribution in [0.5, 0.6) is 0 Å². The first-order chi connectivity index (χ1) is 11.7. The molecule has 3 heteroatoms. The summed E-state index contributed by atoms with van der Waals surface area (Å²) in [6, 6.07) is 26.2. The SMILES string of the molecule is Cc1ccc(NC(=O)c2ccccc2[Se]Cc2ccccc2)cc1. The fourth-order valence-electron chi connectivity index (χ4n) is 2.35. The van der Waals surface area contributed by atoms with Crippen molar-refractivity contribution in [2.45, 2.75) is 12.2 Å². The maximum absolute atomic E-state index is 12.6. The van der Waals surface area contributed by atoms with Crippen LogP contribution in [0.3, 0.4) is 0 Å². The van der Waals surface area contributed by atoms with Gasteiger partial charge in [-0.05, 0) is 0 Å². The molecule has 0 unspecified atom stereocenters. The fourth-order valence-corrected chi connectivity index (χ4v) is 4.46. The Labute approximate surface area is 149 Å². The van der Waals surface area contributed by atoms with Crippen LogP contribution in [-0.4, -0.2) is 20.9 Å². The normalized spacial score (nSPS) is 10.4. The van der Waals surface area contributed by atoms with Crippen molar-refractivity contribution in [2.75, 3.05) is 5.32 Å². The van der Waals surface area contributed by atoms with E-state index in [4.69, 9.17) is 0 Å². The van der Waals surface area contributed by atoms with Crippen LogP contribution in [0, 0.1) is 6.92 Å². The molecule has 0 aliphatic heterocycles. The van der Waals surface area contributed by atoms with E-state index in [2.05, 4.69) is 35.6 Å². The minimum absolute atomic E-state index is 0.0376. The Morgan fingerprint density at radius 2 is 1.54 bits per heavy atom. The molecule has 1 amide bonds. The Morgan fingerprint density at radius 3 is 2.29 bits per heavy atom. The van der Waals surface area contributed by atoms with E-state index in [1.807, 2.05) is 55.5 Å². The van der Waals surface area contributed by atoms with Gasteiger partial charge in [0.2, 0.25) is 0 Å². The minimum atomic E-state index is -0.0376. The Bertz CT molecular complexity index is 813. The van der Waals surface area contributed by atoms with E-state index in [0.29, 0.717) is 0 Å². The van der Waals surface area contributed by atoms with Crippen LogP contribution in [0.2, 0.25) is 0 Å². The van der Waals surface area contributed by atoms with E-state index < -0.39 is 0 Å². The van der Waals surface area contributed by atoms with Crippen LogP contribution in [0.15, 0.2) is 78.9 Å². The summed E-state index contributed by atoms with van der Waals surface area (Å²) in [7, 11) is 0. The number of hydrogen-bond donors (Lipinski definition) is 1. The fraction of sp³-hybridized carbons (Fsp3) is 0.0952. The van der Waals surface area contributed by atoms with Gasteiger partial charge in [-0.1, -0.05) is 0 Å². The summed E-state index contributed by atoms with van der Waals surface area (Å²) in [5, 5.41) is 3.98. The van der Waals surface area contributed by atoms with Crippen molar-refractivity contribution in [1.29, 1.82) is 0 Å². The molecule has 24 heavy (non-hydrogen) atoms. The van der Waals surface area contributed by atoms with Crippen LogP contribution in [0.1, 0.15) is 21.5 Å². The molecule has 3 rings (SSSR count). The van der Waals surface area contributed by atoms with Crippen molar-refractivity contribution in [3.8, 4) is 0 Å². The predicted octanol–water partition coefficient (Wildman–Crippen LogP) is 3.78. The van der Waals surface area contributed by atoms with Gasteiger partial charge >= 0.3 is 149 Å². The van der Waals surface area contributed by atoms with Crippen LogP contribution in [-0.2, 0) is 5.32 Å². The number of anilines is 1. The molecule has 0 saturated carbocycles. The third-order valence-corrected chi connectivity index (χ3v) is 6.08. The molecule has 0 aliphatic carbocycles. The van der Waals surface area contributed by atoms with Gasteiger partial charge < -0.3 is 0 Å². The van der Waals surface area contributed by atoms with Gasteiger partial charge in [-0.25, -0.2) is 0 Å². The Morgan fingerprint density at radius 1 is 0.875 bits per heavy atom. The Balaban J connectivity index is 1.73. The first-order valence-electron chi connectivity index (χ1n) is 7.86. The summed E-state index contributed by atoms with van der Waals surface area (Å²) in [6.45, 7) is 2.03. The molecule has 0 aliphatic rings. The molecular weight excluding hydrogens is 361 g/mol. The van der Waals surface area contributed by atoms with Crippen LogP contribution < -0.4 is 9.78 Å². The van der Waals surface area contributed by atoms with Crippen molar-refractivity contribution in [3.05, 3.63) is 95.6 Å². The first kappa shape index (κ1) is 16.5. The molecule has 3 aromatic rings. The molecule has 0 atom stereocenters. The van der Waals surface area contributed by atoms with Gasteiger partial charge in [0, 0.05) is 0 Å². The van der Waals surface area contributed by atoms with Crippen molar-refractivity contribution < 1.29 is 4.79 Å². The summed E-state index contributed by atoms with van der Waals surface area (Å²) in [5.74, 6) is -0.0376. The predicted molar refractivity (Wildman–Crippen MR) is 101 cm³/mol. The summed E-state index contributed by atoms with van der Waals surface area (Å²) in [6.07, 6.45) is 0. The number of carbonyl (C=O) groups is 1. The number of benzene rings is 3. The molecule has 0 heterocycles. The van der Waals surface area contributed by atoms with Crippen LogP contribution in [0.25, 0.3) is 0 Å². The van der Waals surface area contributed by atoms with Crippen LogP contribution >= 0.6 is 0 Å².